The van der Waals surface area contributed by atoms with Gasteiger partial charge in [0.25, 0.3) is 0 Å². The lowest BCUT2D eigenvalue weighted by Gasteiger charge is -2.21. The molecule has 3 atom stereocenters. The fourth-order valence-corrected chi connectivity index (χ4v) is 4.38. The van der Waals surface area contributed by atoms with Crippen molar-refractivity contribution in [1.29, 1.82) is 0 Å². The molecule has 2 rings (SSSR count). The topological polar surface area (TPSA) is 220 Å². The summed E-state index contributed by atoms with van der Waals surface area (Å²) in [6.07, 6.45) is 2.11. The van der Waals surface area contributed by atoms with E-state index in [1.165, 1.54) is 0 Å². The number of amides is 2. The van der Waals surface area contributed by atoms with Gasteiger partial charge < -0.3 is 43.0 Å². The second-order valence-electron chi connectivity index (χ2n) is 11.7. The SMILES string of the molecule is COc1cc(NC(C)CCCNC(=O)CC[C@@H](NC(=O)[C@H](N)CCCN=C(N)N)C(=O)O)c2nc(C(C)(C)C)ccc2c1. The Hall–Kier alpha value is -4.13. The molecule has 0 saturated carbocycles. The van der Waals surface area contributed by atoms with Gasteiger partial charge in [0.2, 0.25) is 11.8 Å². The van der Waals surface area contributed by atoms with Crippen molar-refractivity contribution < 1.29 is 24.2 Å². The summed E-state index contributed by atoms with van der Waals surface area (Å²) in [5.74, 6) is -1.45. The van der Waals surface area contributed by atoms with Gasteiger partial charge in [-0.15, -0.1) is 0 Å². The summed E-state index contributed by atoms with van der Waals surface area (Å²) in [4.78, 5) is 45.0. The van der Waals surface area contributed by atoms with Crippen LogP contribution < -0.4 is 37.9 Å². The number of carboxylic acids is 1. The quantitative estimate of drug-likeness (QED) is 0.0794. The van der Waals surface area contributed by atoms with Gasteiger partial charge in [0.05, 0.1) is 24.4 Å². The molecule has 43 heavy (non-hydrogen) atoms. The Labute approximate surface area is 253 Å². The summed E-state index contributed by atoms with van der Waals surface area (Å²) in [5.41, 5.74) is 19.0. The molecule has 238 valence electrons. The molecule has 1 aromatic carbocycles. The number of aliphatic imine (C=N–C) groups is 1. The number of ether oxygens (including phenoxy) is 1. The zero-order chi connectivity index (χ0) is 32.2. The van der Waals surface area contributed by atoms with Crippen LogP contribution >= 0.6 is 0 Å². The molecule has 0 saturated heterocycles. The summed E-state index contributed by atoms with van der Waals surface area (Å²) >= 11 is 0. The van der Waals surface area contributed by atoms with Crippen LogP contribution in [-0.2, 0) is 19.8 Å². The second kappa shape index (κ2) is 16.5. The van der Waals surface area contributed by atoms with E-state index in [9.17, 15) is 19.5 Å². The molecule has 0 aliphatic heterocycles. The summed E-state index contributed by atoms with van der Waals surface area (Å²) in [7, 11) is 1.63. The van der Waals surface area contributed by atoms with Crippen LogP contribution in [0, 0.1) is 0 Å². The van der Waals surface area contributed by atoms with E-state index in [0.717, 1.165) is 34.5 Å². The number of fused-ring (bicyclic) bond motifs is 1. The minimum atomic E-state index is -1.23. The summed E-state index contributed by atoms with van der Waals surface area (Å²) < 4.78 is 5.49. The van der Waals surface area contributed by atoms with Crippen molar-refractivity contribution in [2.45, 2.75) is 89.8 Å². The van der Waals surface area contributed by atoms with Gasteiger partial charge in [-0.2, -0.15) is 0 Å². The van der Waals surface area contributed by atoms with Crippen molar-refractivity contribution in [2.75, 3.05) is 25.5 Å². The number of aromatic nitrogens is 1. The monoisotopic (exact) mass is 600 g/mol. The molecule has 0 aliphatic carbocycles. The van der Waals surface area contributed by atoms with Crippen molar-refractivity contribution in [2.24, 2.45) is 22.2 Å². The molecule has 0 fully saturated rings. The lowest BCUT2D eigenvalue weighted by atomic mass is 9.91. The second-order valence-corrected chi connectivity index (χ2v) is 11.7. The number of anilines is 1. The van der Waals surface area contributed by atoms with Gasteiger partial charge in [-0.3, -0.25) is 19.6 Å². The average molecular weight is 601 g/mol. The number of hydrogen-bond donors (Lipinski definition) is 7. The van der Waals surface area contributed by atoms with Crippen LogP contribution in [0.25, 0.3) is 10.9 Å². The van der Waals surface area contributed by atoms with Gasteiger partial charge in [-0.25, -0.2) is 4.79 Å². The van der Waals surface area contributed by atoms with Crippen LogP contribution in [0.3, 0.4) is 0 Å². The molecule has 2 amide bonds. The normalized spacial score (nSPS) is 13.4. The summed E-state index contributed by atoms with van der Waals surface area (Å²) in [5, 5.41) is 19.2. The van der Waals surface area contributed by atoms with Crippen LogP contribution in [0.15, 0.2) is 29.3 Å². The summed E-state index contributed by atoms with van der Waals surface area (Å²) in [6, 6.07) is 5.95. The molecule has 13 nitrogen and oxygen atoms in total. The first-order valence-corrected chi connectivity index (χ1v) is 14.6. The fraction of sp³-hybridized carbons (Fsp3) is 0.567. The molecule has 2 aromatic rings. The van der Waals surface area contributed by atoms with E-state index in [4.69, 9.17) is 26.9 Å². The molecular weight excluding hydrogens is 552 g/mol. The van der Waals surface area contributed by atoms with E-state index < -0.39 is 24.0 Å². The van der Waals surface area contributed by atoms with E-state index in [1.807, 2.05) is 18.2 Å². The Morgan fingerprint density at radius 3 is 2.44 bits per heavy atom. The highest BCUT2D eigenvalue weighted by Gasteiger charge is 2.24. The maximum atomic E-state index is 12.4. The molecule has 0 spiro atoms. The molecule has 0 radical (unpaired) electrons. The van der Waals surface area contributed by atoms with Crippen molar-refractivity contribution in [1.82, 2.24) is 15.6 Å². The fourth-order valence-electron chi connectivity index (χ4n) is 4.38. The first-order chi connectivity index (χ1) is 20.2. The number of carboxylic acid groups (broad SMARTS) is 1. The Bertz CT molecular complexity index is 1270. The number of nitrogens with zero attached hydrogens (tertiary/aromatic N) is 2. The Kier molecular flexibility index (Phi) is 13.5. The maximum Gasteiger partial charge on any atom is 0.326 e. The minimum absolute atomic E-state index is 0.0531. The maximum absolute atomic E-state index is 12.4. The summed E-state index contributed by atoms with van der Waals surface area (Å²) in [6.45, 7) is 9.19. The van der Waals surface area contributed by atoms with Gasteiger partial charge in [0.15, 0.2) is 5.96 Å². The highest BCUT2D eigenvalue weighted by atomic mass is 16.5. The van der Waals surface area contributed by atoms with Crippen molar-refractivity contribution in [3.63, 3.8) is 0 Å². The number of benzene rings is 1. The Balaban J connectivity index is 1.82. The zero-order valence-corrected chi connectivity index (χ0v) is 25.9. The van der Waals surface area contributed by atoms with E-state index in [-0.39, 0.29) is 42.6 Å². The zero-order valence-electron chi connectivity index (χ0n) is 25.9. The number of hydrogen-bond acceptors (Lipinski definition) is 8. The van der Waals surface area contributed by atoms with Gasteiger partial charge in [-0.05, 0) is 51.2 Å². The molecular formula is C30H48N8O5. The van der Waals surface area contributed by atoms with Crippen LogP contribution in [0.1, 0.15) is 71.9 Å². The van der Waals surface area contributed by atoms with Crippen LogP contribution in [0.5, 0.6) is 5.75 Å². The van der Waals surface area contributed by atoms with Crippen molar-refractivity contribution >= 4 is 40.3 Å². The Morgan fingerprint density at radius 2 is 1.81 bits per heavy atom. The number of aliphatic carboxylic acids is 1. The molecule has 13 heteroatoms. The number of rotatable bonds is 17. The predicted octanol–water partition coefficient (Wildman–Crippen LogP) is 1.97. The average Bonchev–Trinajstić information content (AvgIpc) is 2.94. The molecule has 0 aliphatic rings. The third-order valence-corrected chi connectivity index (χ3v) is 6.89. The van der Waals surface area contributed by atoms with Gasteiger partial charge >= 0.3 is 5.97 Å². The van der Waals surface area contributed by atoms with E-state index in [1.54, 1.807) is 7.11 Å². The Morgan fingerprint density at radius 1 is 1.09 bits per heavy atom. The minimum Gasteiger partial charge on any atom is -0.497 e. The number of nitrogens with two attached hydrogens (primary N) is 3. The van der Waals surface area contributed by atoms with E-state index in [0.29, 0.717) is 25.9 Å². The number of guanidine groups is 1. The van der Waals surface area contributed by atoms with Crippen LogP contribution in [-0.4, -0.2) is 72.2 Å². The third-order valence-electron chi connectivity index (χ3n) is 6.89. The van der Waals surface area contributed by atoms with E-state index >= 15 is 0 Å². The van der Waals surface area contributed by atoms with Crippen LogP contribution in [0.2, 0.25) is 0 Å². The van der Waals surface area contributed by atoms with Gasteiger partial charge in [0.1, 0.15) is 11.8 Å². The highest BCUT2D eigenvalue weighted by molar-refractivity contribution is 5.92. The standard InChI is InChI=1S/C30H48N8O5/c1-18(36-23-17-20(43-5)16-19-10-12-24(30(2,3)4)38-26(19)23)8-6-14-34-25(39)13-11-22(28(41)42)37-27(40)21(31)9-7-15-35-29(32)33/h10,12,16-18,21-22,36H,6-9,11,13-15,31H2,1-5H3,(H,34,39)(H,37,40)(H,41,42)(H4,32,33,35)/t18?,21-,22-/m1/s1. The van der Waals surface area contributed by atoms with Crippen molar-refractivity contribution in [3.05, 3.63) is 30.0 Å². The number of nitrogens with one attached hydrogen (secondary N) is 3. The van der Waals surface area contributed by atoms with Gasteiger partial charge in [-0.1, -0.05) is 26.8 Å². The lowest BCUT2D eigenvalue weighted by molar-refractivity contribution is -0.142. The van der Waals surface area contributed by atoms with Gasteiger partial charge in [0, 0.05) is 48.1 Å². The first-order valence-electron chi connectivity index (χ1n) is 14.6. The smallest absolute Gasteiger partial charge is 0.326 e. The molecule has 0 bridgehead atoms. The van der Waals surface area contributed by atoms with Crippen LogP contribution in [0.4, 0.5) is 5.69 Å². The molecule has 1 unspecified atom stereocenters. The largest absolute Gasteiger partial charge is 0.497 e. The number of carbonyl (C=O) groups is 3. The first kappa shape index (κ1) is 35.1. The number of carbonyl (C=O) groups excluding carboxylic acids is 2. The molecule has 1 heterocycles. The number of methoxy groups -OCH3 is 1. The third kappa shape index (κ3) is 11.9. The van der Waals surface area contributed by atoms with Crippen molar-refractivity contribution in [3.8, 4) is 5.75 Å². The number of pyridine rings is 1. The molecule has 10 N–H and O–H groups in total. The predicted molar refractivity (Wildman–Crippen MR) is 169 cm³/mol. The van der Waals surface area contributed by atoms with E-state index in [2.05, 4.69) is 54.7 Å². The lowest BCUT2D eigenvalue weighted by Crippen LogP contribution is -2.48. The molecule has 1 aromatic heterocycles. The highest BCUT2D eigenvalue weighted by Crippen LogP contribution is 2.31.